The van der Waals surface area contributed by atoms with Crippen LogP contribution in [0.1, 0.15) is 44.5 Å². The molecule has 0 aliphatic heterocycles. The fourth-order valence-electron chi connectivity index (χ4n) is 10.8. The Morgan fingerprint density at radius 3 is 0.848 bits per heavy atom. The van der Waals surface area contributed by atoms with Gasteiger partial charge in [0.05, 0.1) is 11.4 Å². The Balaban J connectivity index is 1.00. The smallest absolute Gasteiger partial charge is 0.0540 e. The number of aryl methyl sites for hydroxylation is 8. The van der Waals surface area contributed by atoms with Crippen molar-refractivity contribution >= 4 is 55.7 Å². The van der Waals surface area contributed by atoms with E-state index in [2.05, 4.69) is 259 Å². The Labute approximate surface area is 391 Å². The molecule has 2 heteroatoms. The molecule has 0 atom stereocenters. The highest BCUT2D eigenvalue weighted by molar-refractivity contribution is 6.01. The average Bonchev–Trinajstić information content (AvgIpc) is 3.31. The van der Waals surface area contributed by atoms with E-state index in [1.807, 2.05) is 0 Å². The summed E-state index contributed by atoms with van der Waals surface area (Å²) in [5.74, 6) is 0. The second-order valence-electron chi connectivity index (χ2n) is 18.2. The maximum absolute atomic E-state index is 2.41. The maximum atomic E-state index is 2.41. The minimum Gasteiger partial charge on any atom is -0.310 e. The van der Waals surface area contributed by atoms with Gasteiger partial charge in [-0.1, -0.05) is 133 Å². The van der Waals surface area contributed by atoms with Crippen LogP contribution in [0.4, 0.5) is 34.1 Å². The van der Waals surface area contributed by atoms with Crippen LogP contribution in [0.15, 0.2) is 194 Å². The topological polar surface area (TPSA) is 6.48 Å². The van der Waals surface area contributed by atoms with Crippen LogP contribution in [-0.4, -0.2) is 0 Å². The van der Waals surface area contributed by atoms with Crippen molar-refractivity contribution in [3.8, 4) is 33.4 Å². The van der Waals surface area contributed by atoms with Crippen LogP contribution < -0.4 is 9.80 Å². The summed E-state index contributed by atoms with van der Waals surface area (Å²) in [5, 5.41) is 4.93. The molecule has 0 aliphatic rings. The van der Waals surface area contributed by atoms with Crippen LogP contribution in [0, 0.1) is 55.4 Å². The highest BCUT2D eigenvalue weighted by Crippen LogP contribution is 2.46. The van der Waals surface area contributed by atoms with Crippen LogP contribution in [0.3, 0.4) is 0 Å². The zero-order valence-electron chi connectivity index (χ0n) is 39.4. The SMILES string of the molecule is Cc1cc(-c2cc(C)c(-c3c(C)cc(N(c4ccccc4)c4cccc5ccccc45)cc3C)c(C)c2)cc(C)c1-c1c(C)cc(N(c2ccccc2)c2cccc3ccccc23)cc1C. The number of para-hydroxylation sites is 2. The van der Waals surface area contributed by atoms with Crippen molar-refractivity contribution in [3.63, 3.8) is 0 Å². The van der Waals surface area contributed by atoms with E-state index in [4.69, 9.17) is 0 Å². The van der Waals surface area contributed by atoms with Gasteiger partial charge in [-0.25, -0.2) is 0 Å². The summed E-state index contributed by atoms with van der Waals surface area (Å²) in [7, 11) is 0. The Bertz CT molecular complexity index is 3120. The summed E-state index contributed by atoms with van der Waals surface area (Å²) in [4.78, 5) is 4.82. The van der Waals surface area contributed by atoms with Gasteiger partial charge in [-0.05, 0) is 205 Å². The van der Waals surface area contributed by atoms with Gasteiger partial charge in [0, 0.05) is 33.5 Å². The van der Waals surface area contributed by atoms with Gasteiger partial charge in [0.15, 0.2) is 0 Å². The molecule has 0 N–H and O–H groups in total. The molecule has 10 rings (SSSR count). The molecule has 10 aromatic carbocycles. The Hall–Kier alpha value is -7.68. The van der Waals surface area contributed by atoms with E-state index >= 15 is 0 Å². The normalized spacial score (nSPS) is 11.3. The Kier molecular flexibility index (Phi) is 11.1. The molecule has 0 bridgehead atoms. The monoisotopic (exact) mass is 852 g/mol. The minimum absolute atomic E-state index is 1.14. The lowest BCUT2D eigenvalue weighted by Crippen LogP contribution is -2.11. The molecule has 0 unspecified atom stereocenters. The summed E-state index contributed by atoms with van der Waals surface area (Å²) in [6.07, 6.45) is 0. The molecule has 0 heterocycles. The van der Waals surface area contributed by atoms with Gasteiger partial charge < -0.3 is 9.80 Å². The molecule has 0 amide bonds. The zero-order chi connectivity index (χ0) is 45.6. The van der Waals surface area contributed by atoms with Gasteiger partial charge >= 0.3 is 0 Å². The largest absolute Gasteiger partial charge is 0.310 e. The molecule has 0 radical (unpaired) electrons. The molecule has 0 saturated carbocycles. The van der Waals surface area contributed by atoms with Crippen LogP contribution in [0.5, 0.6) is 0 Å². The van der Waals surface area contributed by atoms with E-state index in [1.165, 1.54) is 111 Å². The number of hydrogen-bond acceptors (Lipinski definition) is 2. The number of fused-ring (bicyclic) bond motifs is 2. The summed E-state index contributed by atoms with van der Waals surface area (Å²) in [5.41, 5.74) is 24.9. The number of nitrogens with zero attached hydrogens (tertiary/aromatic N) is 2. The van der Waals surface area contributed by atoms with Crippen LogP contribution >= 0.6 is 0 Å². The lowest BCUT2D eigenvalue weighted by molar-refractivity contribution is 1.25. The number of rotatable bonds is 9. The molecular weight excluding hydrogens is 797 g/mol. The molecule has 2 nitrogen and oxygen atoms in total. The average molecular weight is 853 g/mol. The third-order valence-corrected chi connectivity index (χ3v) is 13.5. The quantitative estimate of drug-likeness (QED) is 0.143. The summed E-state index contributed by atoms with van der Waals surface area (Å²) in [6.45, 7) is 18.2. The first-order chi connectivity index (χ1) is 32.0. The summed E-state index contributed by atoms with van der Waals surface area (Å²) < 4.78 is 0. The zero-order valence-corrected chi connectivity index (χ0v) is 39.4. The molecule has 322 valence electrons. The van der Waals surface area contributed by atoms with Gasteiger partial charge in [-0.3, -0.25) is 0 Å². The van der Waals surface area contributed by atoms with E-state index in [-0.39, 0.29) is 0 Å². The molecule has 0 fully saturated rings. The van der Waals surface area contributed by atoms with Crippen molar-refractivity contribution < 1.29 is 0 Å². The Morgan fingerprint density at radius 1 is 0.242 bits per heavy atom. The van der Waals surface area contributed by atoms with Crippen molar-refractivity contribution in [2.75, 3.05) is 9.80 Å². The minimum atomic E-state index is 1.14. The number of anilines is 6. The van der Waals surface area contributed by atoms with Crippen LogP contribution in [0.25, 0.3) is 54.9 Å². The van der Waals surface area contributed by atoms with Crippen molar-refractivity contribution in [2.24, 2.45) is 0 Å². The molecule has 0 saturated heterocycles. The van der Waals surface area contributed by atoms with E-state index in [0.29, 0.717) is 0 Å². The fraction of sp³-hybridized carbons (Fsp3) is 0.125. The van der Waals surface area contributed by atoms with E-state index in [1.54, 1.807) is 0 Å². The molecule has 0 aliphatic carbocycles. The van der Waals surface area contributed by atoms with Crippen molar-refractivity contribution in [1.82, 2.24) is 0 Å². The lowest BCUT2D eigenvalue weighted by Gasteiger charge is -2.29. The molecule has 66 heavy (non-hydrogen) atoms. The first-order valence-corrected chi connectivity index (χ1v) is 23.2. The predicted octanol–water partition coefficient (Wildman–Crippen LogP) is 18.4. The highest BCUT2D eigenvalue weighted by atomic mass is 15.1. The van der Waals surface area contributed by atoms with Crippen LogP contribution in [0.2, 0.25) is 0 Å². The van der Waals surface area contributed by atoms with Gasteiger partial charge in [-0.15, -0.1) is 0 Å². The van der Waals surface area contributed by atoms with Crippen molar-refractivity contribution in [2.45, 2.75) is 55.4 Å². The van der Waals surface area contributed by atoms with E-state index in [0.717, 1.165) is 22.7 Å². The molecule has 10 aromatic rings. The van der Waals surface area contributed by atoms with Crippen molar-refractivity contribution in [3.05, 3.63) is 239 Å². The molecule has 0 spiro atoms. The third kappa shape index (κ3) is 7.63. The lowest BCUT2D eigenvalue weighted by atomic mass is 9.84. The van der Waals surface area contributed by atoms with Gasteiger partial charge in [-0.2, -0.15) is 0 Å². The first-order valence-electron chi connectivity index (χ1n) is 23.2. The molecular formula is C64H56N2. The summed E-state index contributed by atoms with van der Waals surface area (Å²) in [6, 6.07) is 71.1. The Morgan fingerprint density at radius 2 is 0.515 bits per heavy atom. The van der Waals surface area contributed by atoms with Gasteiger partial charge in [0.2, 0.25) is 0 Å². The first kappa shape index (κ1) is 42.3. The van der Waals surface area contributed by atoms with E-state index < -0.39 is 0 Å². The van der Waals surface area contributed by atoms with Crippen molar-refractivity contribution in [1.29, 1.82) is 0 Å². The number of benzene rings is 10. The number of hydrogen-bond donors (Lipinski definition) is 0. The van der Waals surface area contributed by atoms with Crippen LogP contribution in [-0.2, 0) is 0 Å². The van der Waals surface area contributed by atoms with Gasteiger partial charge in [0.1, 0.15) is 0 Å². The fourth-order valence-corrected chi connectivity index (χ4v) is 10.8. The second kappa shape index (κ2) is 17.4. The second-order valence-corrected chi connectivity index (χ2v) is 18.2. The highest BCUT2D eigenvalue weighted by Gasteiger charge is 2.22. The third-order valence-electron chi connectivity index (χ3n) is 13.5. The predicted molar refractivity (Wildman–Crippen MR) is 285 cm³/mol. The van der Waals surface area contributed by atoms with E-state index in [9.17, 15) is 0 Å². The standard InChI is InChI=1S/C64H56N2/c1-41-33-51(34-42(2)61(41)63-45(5)37-55(38-46(63)6)65(53-25-11-9-12-26-53)59-31-19-23-49-21-15-17-29-57(49)59)52-35-43(3)62(44(4)36-52)64-47(7)39-56(40-48(64)8)66(54-27-13-10-14-28-54)60-32-20-24-50-22-16-18-30-58(50)60/h9-40H,1-8H3. The van der Waals surface area contributed by atoms with Gasteiger partial charge in [0.25, 0.3) is 0 Å². The molecule has 0 aromatic heterocycles. The maximum Gasteiger partial charge on any atom is 0.0540 e. The summed E-state index contributed by atoms with van der Waals surface area (Å²) >= 11 is 0.